The van der Waals surface area contributed by atoms with E-state index in [1.807, 2.05) is 25.1 Å². The first-order valence-electron chi connectivity index (χ1n) is 10.0. The molecule has 4 rings (SSSR count). The average Bonchev–Trinajstić information content (AvgIpc) is 2.85. The lowest BCUT2D eigenvalue weighted by Crippen LogP contribution is -2.49. The quantitative estimate of drug-likeness (QED) is 0.850. The third-order valence-corrected chi connectivity index (χ3v) is 6.20. The van der Waals surface area contributed by atoms with E-state index in [0.717, 1.165) is 30.3 Å². The molecule has 0 spiro atoms. The molecule has 1 N–H and O–H groups in total. The zero-order valence-corrected chi connectivity index (χ0v) is 17.6. The predicted octanol–water partition coefficient (Wildman–Crippen LogP) is 2.89. The number of aryl methyl sites for hydroxylation is 2. The number of carbonyl (C=O) groups excluding carboxylic acids is 1. The topological polar surface area (TPSA) is 67.2 Å². The van der Waals surface area contributed by atoms with Crippen LogP contribution in [0.15, 0.2) is 23.0 Å². The molecule has 0 radical (unpaired) electrons. The summed E-state index contributed by atoms with van der Waals surface area (Å²) in [7, 11) is 2.18. The lowest BCUT2D eigenvalue weighted by molar-refractivity contribution is 0.0874. The van der Waals surface area contributed by atoms with Crippen molar-refractivity contribution < 1.29 is 4.79 Å². The van der Waals surface area contributed by atoms with Crippen LogP contribution in [0.4, 0.5) is 0 Å². The number of amides is 1. The summed E-state index contributed by atoms with van der Waals surface area (Å²) in [6.07, 6.45) is 5.19. The van der Waals surface area contributed by atoms with Crippen molar-refractivity contribution in [1.82, 2.24) is 20.0 Å². The Balaban J connectivity index is 0.00000225. The molecule has 0 saturated carbocycles. The standard InChI is InChI=1S/C21H28N4O2.ClH/c1-4-9-25-18-10-13(2)5-8-17(18)20(26)19(23-25)21(27)22-14-11-15-6-7-16(12-14)24(15)3;/h5,8,10,14-16H,4,6-7,9,11-12H2,1-3H3,(H,22,27);1H/t14-,15+,16-;. The van der Waals surface area contributed by atoms with Crippen molar-refractivity contribution in [3.05, 3.63) is 39.7 Å². The number of fused-ring (bicyclic) bond motifs is 3. The molecule has 2 bridgehead atoms. The van der Waals surface area contributed by atoms with Crippen LogP contribution in [0, 0.1) is 6.92 Å². The van der Waals surface area contributed by atoms with Gasteiger partial charge in [0, 0.05) is 30.1 Å². The molecule has 2 aromatic rings. The van der Waals surface area contributed by atoms with Crippen molar-refractivity contribution in [2.75, 3.05) is 7.05 Å². The van der Waals surface area contributed by atoms with Gasteiger partial charge in [0.15, 0.2) is 5.69 Å². The van der Waals surface area contributed by atoms with E-state index in [0.29, 0.717) is 24.0 Å². The number of hydrogen-bond acceptors (Lipinski definition) is 4. The molecule has 1 aromatic carbocycles. The van der Waals surface area contributed by atoms with Gasteiger partial charge in [-0.2, -0.15) is 5.10 Å². The molecule has 3 heterocycles. The number of carbonyl (C=O) groups is 1. The first-order valence-corrected chi connectivity index (χ1v) is 10.0. The Hall–Kier alpha value is -1.92. The van der Waals surface area contributed by atoms with E-state index in [1.54, 1.807) is 4.68 Å². The van der Waals surface area contributed by atoms with Gasteiger partial charge >= 0.3 is 0 Å². The number of rotatable bonds is 4. The largest absolute Gasteiger partial charge is 0.348 e. The zero-order valence-electron chi connectivity index (χ0n) is 16.8. The molecule has 1 amide bonds. The molecule has 28 heavy (non-hydrogen) atoms. The van der Waals surface area contributed by atoms with E-state index < -0.39 is 0 Å². The van der Waals surface area contributed by atoms with Crippen molar-refractivity contribution >= 4 is 29.2 Å². The molecule has 2 aliphatic rings. The lowest BCUT2D eigenvalue weighted by Gasteiger charge is -2.36. The molecule has 2 saturated heterocycles. The minimum Gasteiger partial charge on any atom is -0.348 e. The van der Waals surface area contributed by atoms with E-state index in [9.17, 15) is 9.59 Å². The molecule has 2 fully saturated rings. The molecular weight excluding hydrogens is 376 g/mol. The molecule has 1 aromatic heterocycles. The Morgan fingerprint density at radius 3 is 2.57 bits per heavy atom. The van der Waals surface area contributed by atoms with Crippen LogP contribution >= 0.6 is 12.4 Å². The van der Waals surface area contributed by atoms with Crippen molar-refractivity contribution in [1.29, 1.82) is 0 Å². The second-order valence-electron chi connectivity index (χ2n) is 8.11. The van der Waals surface area contributed by atoms with Crippen LogP contribution in [0.25, 0.3) is 10.9 Å². The van der Waals surface area contributed by atoms with Crippen LogP contribution in [0.3, 0.4) is 0 Å². The SMILES string of the molecule is CCCn1nc(C(=O)N[C@H]2C[C@H]3CC[C@@H](C2)N3C)c(=O)c2ccc(C)cc21.Cl. The highest BCUT2D eigenvalue weighted by Gasteiger charge is 2.39. The summed E-state index contributed by atoms with van der Waals surface area (Å²) in [6.45, 7) is 4.74. The van der Waals surface area contributed by atoms with E-state index in [1.165, 1.54) is 12.8 Å². The molecule has 0 aliphatic carbocycles. The number of halogens is 1. The van der Waals surface area contributed by atoms with Gasteiger partial charge in [0.25, 0.3) is 5.91 Å². The Labute approximate surface area is 171 Å². The summed E-state index contributed by atoms with van der Waals surface area (Å²) in [4.78, 5) is 28.3. The fraction of sp³-hybridized carbons (Fsp3) is 0.571. The number of nitrogens with one attached hydrogen (secondary N) is 1. The first-order chi connectivity index (χ1) is 13.0. The highest BCUT2D eigenvalue weighted by molar-refractivity contribution is 5.95. The highest BCUT2D eigenvalue weighted by Crippen LogP contribution is 2.34. The maximum absolute atomic E-state index is 12.9. The Kier molecular flexibility index (Phi) is 6.10. The van der Waals surface area contributed by atoms with Crippen LogP contribution in [-0.2, 0) is 6.54 Å². The van der Waals surface area contributed by atoms with Gasteiger partial charge in [-0.3, -0.25) is 14.3 Å². The minimum atomic E-state index is -0.332. The fourth-order valence-electron chi connectivity index (χ4n) is 4.71. The predicted molar refractivity (Wildman–Crippen MR) is 113 cm³/mol. The highest BCUT2D eigenvalue weighted by atomic mass is 35.5. The van der Waals surface area contributed by atoms with Gasteiger partial charge < -0.3 is 10.2 Å². The summed E-state index contributed by atoms with van der Waals surface area (Å²) in [5, 5.41) is 8.12. The van der Waals surface area contributed by atoms with Crippen LogP contribution in [-0.4, -0.2) is 45.8 Å². The van der Waals surface area contributed by atoms with Gasteiger partial charge in [0.2, 0.25) is 5.43 Å². The number of piperidine rings is 1. The van der Waals surface area contributed by atoms with Crippen LogP contribution in [0.1, 0.15) is 55.1 Å². The van der Waals surface area contributed by atoms with Gasteiger partial charge in [-0.1, -0.05) is 13.0 Å². The third kappa shape index (κ3) is 3.67. The summed E-state index contributed by atoms with van der Waals surface area (Å²) in [5.74, 6) is -0.332. The molecule has 6 nitrogen and oxygen atoms in total. The fourth-order valence-corrected chi connectivity index (χ4v) is 4.71. The number of aromatic nitrogens is 2. The molecule has 3 atom stereocenters. The van der Waals surface area contributed by atoms with Gasteiger partial charge in [0.05, 0.1) is 5.52 Å². The van der Waals surface area contributed by atoms with Gasteiger partial charge in [0.1, 0.15) is 0 Å². The van der Waals surface area contributed by atoms with E-state index in [-0.39, 0.29) is 35.5 Å². The van der Waals surface area contributed by atoms with Crippen LogP contribution in [0.2, 0.25) is 0 Å². The van der Waals surface area contributed by atoms with Gasteiger partial charge in [-0.05, 0) is 63.8 Å². The second-order valence-corrected chi connectivity index (χ2v) is 8.11. The zero-order chi connectivity index (χ0) is 19.1. The molecular formula is C21H29ClN4O2. The van der Waals surface area contributed by atoms with Gasteiger partial charge in [-0.25, -0.2) is 0 Å². The first kappa shape index (κ1) is 20.8. The Morgan fingerprint density at radius 2 is 1.93 bits per heavy atom. The van der Waals surface area contributed by atoms with E-state index >= 15 is 0 Å². The average molecular weight is 405 g/mol. The molecule has 152 valence electrons. The maximum Gasteiger partial charge on any atom is 0.276 e. The minimum absolute atomic E-state index is 0. The third-order valence-electron chi connectivity index (χ3n) is 6.20. The lowest BCUT2D eigenvalue weighted by atomic mass is 9.98. The number of nitrogens with zero attached hydrogens (tertiary/aromatic N) is 3. The van der Waals surface area contributed by atoms with Crippen molar-refractivity contribution in [3.63, 3.8) is 0 Å². The summed E-state index contributed by atoms with van der Waals surface area (Å²) in [6, 6.07) is 6.90. The Morgan fingerprint density at radius 1 is 1.25 bits per heavy atom. The Bertz CT molecular complexity index is 928. The van der Waals surface area contributed by atoms with Crippen molar-refractivity contribution in [3.8, 4) is 0 Å². The summed E-state index contributed by atoms with van der Waals surface area (Å²) in [5.41, 5.74) is 1.63. The van der Waals surface area contributed by atoms with Gasteiger partial charge in [-0.15, -0.1) is 12.4 Å². The monoisotopic (exact) mass is 404 g/mol. The smallest absolute Gasteiger partial charge is 0.276 e. The second kappa shape index (κ2) is 8.21. The normalized spacial score (nSPS) is 24.2. The van der Waals surface area contributed by atoms with E-state index in [2.05, 4.69) is 29.3 Å². The summed E-state index contributed by atoms with van der Waals surface area (Å²) >= 11 is 0. The summed E-state index contributed by atoms with van der Waals surface area (Å²) < 4.78 is 1.80. The van der Waals surface area contributed by atoms with Crippen molar-refractivity contribution in [2.45, 2.75) is 70.6 Å². The molecule has 0 unspecified atom stereocenters. The molecule has 2 aliphatic heterocycles. The maximum atomic E-state index is 12.9. The number of hydrogen-bond donors (Lipinski definition) is 1. The van der Waals surface area contributed by atoms with E-state index in [4.69, 9.17) is 0 Å². The number of benzene rings is 1. The van der Waals surface area contributed by atoms with Crippen LogP contribution in [0.5, 0.6) is 0 Å². The molecule has 7 heteroatoms. The van der Waals surface area contributed by atoms with Crippen LogP contribution < -0.4 is 10.7 Å². The van der Waals surface area contributed by atoms with Crippen molar-refractivity contribution in [2.24, 2.45) is 0 Å².